The SMILES string of the molecule is Cc1cn([C@H]2C[C@H](F)[C@@H](COP(=O)(N[C@@H](C)C(=O)OCc3ccccc3)Oc3cccc4ccccc34)O2)c(=O)[nH]c1=O. The molecule has 0 spiro atoms. The summed E-state index contributed by atoms with van der Waals surface area (Å²) in [4.78, 5) is 39.0. The topological polar surface area (TPSA) is 138 Å². The van der Waals surface area contributed by atoms with Gasteiger partial charge < -0.3 is 14.0 Å². The molecule has 43 heavy (non-hydrogen) atoms. The van der Waals surface area contributed by atoms with Gasteiger partial charge >= 0.3 is 19.4 Å². The van der Waals surface area contributed by atoms with Gasteiger partial charge in [0.05, 0.1) is 6.61 Å². The number of rotatable bonds is 11. The summed E-state index contributed by atoms with van der Waals surface area (Å²) in [6, 6.07) is 20.4. The number of hydrogen-bond acceptors (Lipinski definition) is 8. The van der Waals surface area contributed by atoms with Crippen molar-refractivity contribution in [3.8, 4) is 5.75 Å². The number of halogens is 1. The zero-order chi connectivity index (χ0) is 30.6. The second-order valence-corrected chi connectivity index (χ2v) is 11.9. The van der Waals surface area contributed by atoms with Crippen molar-refractivity contribution in [2.45, 2.75) is 51.4 Å². The summed E-state index contributed by atoms with van der Waals surface area (Å²) in [6.07, 6.45) is -2.76. The van der Waals surface area contributed by atoms with Crippen molar-refractivity contribution in [1.29, 1.82) is 0 Å². The van der Waals surface area contributed by atoms with Crippen molar-refractivity contribution in [2.75, 3.05) is 6.61 Å². The zero-order valence-corrected chi connectivity index (χ0v) is 24.4. The van der Waals surface area contributed by atoms with Crippen LogP contribution < -0.4 is 20.9 Å². The summed E-state index contributed by atoms with van der Waals surface area (Å²) in [6.45, 7) is 2.43. The first-order chi connectivity index (χ1) is 20.6. The summed E-state index contributed by atoms with van der Waals surface area (Å²) in [5.41, 5.74) is -0.273. The first-order valence-electron chi connectivity index (χ1n) is 13.6. The van der Waals surface area contributed by atoms with Crippen LogP contribution in [0.3, 0.4) is 0 Å². The monoisotopic (exact) mass is 611 g/mol. The molecule has 1 fully saturated rings. The minimum atomic E-state index is -4.36. The molecule has 226 valence electrons. The Morgan fingerprint density at radius 1 is 1.12 bits per heavy atom. The first kappa shape index (κ1) is 30.4. The van der Waals surface area contributed by atoms with Crippen molar-refractivity contribution >= 4 is 24.5 Å². The predicted molar refractivity (Wildman–Crippen MR) is 156 cm³/mol. The molecule has 11 nitrogen and oxygen atoms in total. The normalized spacial score (nSPS) is 20.4. The molecule has 1 aliphatic rings. The summed E-state index contributed by atoms with van der Waals surface area (Å²) in [7, 11) is -4.36. The molecule has 3 aromatic carbocycles. The van der Waals surface area contributed by atoms with Crippen LogP contribution in [0.4, 0.5) is 4.39 Å². The molecule has 1 aliphatic heterocycles. The maximum Gasteiger partial charge on any atom is 0.459 e. The van der Waals surface area contributed by atoms with Crippen LogP contribution in [-0.2, 0) is 30.0 Å². The second kappa shape index (κ2) is 13.0. The van der Waals surface area contributed by atoms with E-state index in [1.807, 2.05) is 36.4 Å². The minimum absolute atomic E-state index is 0.00542. The van der Waals surface area contributed by atoms with Crippen molar-refractivity contribution in [1.82, 2.24) is 14.6 Å². The Morgan fingerprint density at radius 3 is 2.63 bits per heavy atom. The number of fused-ring (bicyclic) bond motifs is 1. The molecule has 1 unspecified atom stereocenters. The molecule has 13 heteroatoms. The molecule has 0 amide bonds. The number of hydrogen-bond donors (Lipinski definition) is 2. The molecule has 5 atom stereocenters. The van der Waals surface area contributed by atoms with Gasteiger partial charge in [-0.1, -0.05) is 66.7 Å². The first-order valence-corrected chi connectivity index (χ1v) is 15.2. The van der Waals surface area contributed by atoms with Crippen LogP contribution in [0.2, 0.25) is 0 Å². The molecule has 5 rings (SSSR count). The highest BCUT2D eigenvalue weighted by Crippen LogP contribution is 2.47. The predicted octanol–water partition coefficient (Wildman–Crippen LogP) is 4.55. The van der Waals surface area contributed by atoms with E-state index in [-0.39, 0.29) is 24.3 Å². The van der Waals surface area contributed by atoms with Gasteiger partial charge in [-0.05, 0) is 30.9 Å². The number of ether oxygens (including phenoxy) is 2. The molecule has 2 N–H and O–H groups in total. The molecule has 0 saturated carbocycles. The molecule has 1 aromatic heterocycles. The third-order valence-electron chi connectivity index (χ3n) is 6.92. The van der Waals surface area contributed by atoms with Crippen LogP contribution in [0.25, 0.3) is 10.8 Å². The van der Waals surface area contributed by atoms with Crippen molar-refractivity contribution in [3.63, 3.8) is 0 Å². The molecule has 1 saturated heterocycles. The van der Waals surface area contributed by atoms with Gasteiger partial charge in [0.1, 0.15) is 36.9 Å². The number of carbonyl (C=O) groups excluding carboxylic acids is 1. The van der Waals surface area contributed by atoms with Gasteiger partial charge in [-0.2, -0.15) is 5.09 Å². The fourth-order valence-corrected chi connectivity index (χ4v) is 6.14. The number of aromatic nitrogens is 2. The molecule has 4 aromatic rings. The minimum Gasteiger partial charge on any atom is -0.460 e. The quantitative estimate of drug-likeness (QED) is 0.185. The van der Waals surface area contributed by atoms with Crippen molar-refractivity contribution in [3.05, 3.63) is 111 Å². The highest BCUT2D eigenvalue weighted by Gasteiger charge is 2.40. The summed E-state index contributed by atoms with van der Waals surface area (Å²) in [5, 5.41) is 4.07. The number of nitrogens with one attached hydrogen (secondary N) is 2. The Morgan fingerprint density at radius 2 is 1.84 bits per heavy atom. The van der Waals surface area contributed by atoms with E-state index in [0.29, 0.717) is 5.39 Å². The van der Waals surface area contributed by atoms with Crippen molar-refractivity contribution < 1.29 is 32.3 Å². The average Bonchev–Trinajstić information content (AvgIpc) is 3.37. The lowest BCUT2D eigenvalue weighted by Crippen LogP contribution is -2.36. The van der Waals surface area contributed by atoms with E-state index < -0.39 is 56.1 Å². The fraction of sp³-hybridized carbons (Fsp3) is 0.300. The summed E-state index contributed by atoms with van der Waals surface area (Å²) >= 11 is 0. The van der Waals surface area contributed by atoms with E-state index in [1.54, 1.807) is 36.4 Å². The number of aryl methyl sites for hydroxylation is 1. The van der Waals surface area contributed by atoms with Crippen LogP contribution in [-0.4, -0.2) is 40.4 Å². The molecule has 0 bridgehead atoms. The van der Waals surface area contributed by atoms with Crippen LogP contribution in [0, 0.1) is 6.92 Å². The van der Waals surface area contributed by atoms with E-state index in [9.17, 15) is 18.9 Å². The number of esters is 1. The number of carbonyl (C=O) groups is 1. The van der Waals surface area contributed by atoms with E-state index >= 15 is 4.39 Å². The number of alkyl halides is 1. The average molecular weight is 612 g/mol. The van der Waals surface area contributed by atoms with E-state index in [2.05, 4.69) is 10.1 Å². The summed E-state index contributed by atoms with van der Waals surface area (Å²) in [5.74, 6) is -0.487. The fourth-order valence-electron chi connectivity index (χ4n) is 4.62. The smallest absolute Gasteiger partial charge is 0.459 e. The van der Waals surface area contributed by atoms with Crippen LogP contribution in [0.15, 0.2) is 88.6 Å². The maximum atomic E-state index is 15.1. The lowest BCUT2D eigenvalue weighted by atomic mass is 10.1. The third kappa shape index (κ3) is 7.29. The van der Waals surface area contributed by atoms with Gasteiger partial charge in [0, 0.05) is 23.6 Å². The molecule has 2 heterocycles. The summed E-state index contributed by atoms with van der Waals surface area (Å²) < 4.78 is 53.0. The van der Waals surface area contributed by atoms with Gasteiger partial charge in [-0.25, -0.2) is 13.8 Å². The third-order valence-corrected chi connectivity index (χ3v) is 8.55. The van der Waals surface area contributed by atoms with Crippen molar-refractivity contribution in [2.24, 2.45) is 0 Å². The largest absolute Gasteiger partial charge is 0.460 e. The van der Waals surface area contributed by atoms with Gasteiger partial charge in [0.15, 0.2) is 0 Å². The van der Waals surface area contributed by atoms with E-state index in [1.165, 1.54) is 20.0 Å². The highest BCUT2D eigenvalue weighted by atomic mass is 31.2. The maximum absolute atomic E-state index is 15.1. The van der Waals surface area contributed by atoms with Crippen LogP contribution >= 0.6 is 7.75 Å². The number of nitrogens with zero attached hydrogens (tertiary/aromatic N) is 1. The Balaban J connectivity index is 1.33. The second-order valence-electron chi connectivity index (χ2n) is 10.2. The molecular weight excluding hydrogens is 580 g/mol. The highest BCUT2D eigenvalue weighted by molar-refractivity contribution is 7.52. The molecular formula is C30H31FN3O8P. The number of aromatic amines is 1. The Labute approximate surface area is 246 Å². The van der Waals surface area contributed by atoms with Gasteiger partial charge in [-0.15, -0.1) is 0 Å². The zero-order valence-electron chi connectivity index (χ0n) is 23.5. The molecule has 0 aliphatic carbocycles. The number of benzene rings is 3. The lowest BCUT2D eigenvalue weighted by molar-refractivity contribution is -0.146. The van der Waals surface area contributed by atoms with Gasteiger partial charge in [0.2, 0.25) is 0 Å². The Hall–Kier alpha value is -4.09. The Bertz CT molecular complexity index is 1760. The molecule has 0 radical (unpaired) electrons. The van der Waals surface area contributed by atoms with E-state index in [4.69, 9.17) is 18.5 Å². The van der Waals surface area contributed by atoms with Gasteiger partial charge in [0.25, 0.3) is 5.56 Å². The van der Waals surface area contributed by atoms with Gasteiger partial charge in [-0.3, -0.25) is 23.7 Å². The number of H-pyrrole nitrogens is 1. The Kier molecular flexibility index (Phi) is 9.22. The van der Waals surface area contributed by atoms with Crippen LogP contribution in [0.5, 0.6) is 5.75 Å². The standard InChI is InChI=1S/C30H31FN3O8P/c1-19-16-34(30(37)32-28(19)35)27-15-24(31)26(41-27)18-40-43(38,42-25-14-8-12-22-11-6-7-13-23(22)25)33-20(2)29(36)39-17-21-9-4-3-5-10-21/h3-14,16,20,24,26-27H,15,17-18H2,1-2H3,(H,33,38)(H,32,35,37)/t20-,24-,26+,27+,43?/m0/s1. The van der Waals surface area contributed by atoms with E-state index in [0.717, 1.165) is 15.5 Å². The lowest BCUT2D eigenvalue weighted by Gasteiger charge is -2.25. The van der Waals surface area contributed by atoms with Crippen LogP contribution in [0.1, 0.15) is 30.7 Å².